The van der Waals surface area contributed by atoms with Crippen LogP contribution < -0.4 is 10.1 Å². The van der Waals surface area contributed by atoms with Crippen molar-refractivity contribution in [2.75, 3.05) is 6.26 Å². The number of benzene rings is 1. The minimum atomic E-state index is -0.684. The summed E-state index contributed by atoms with van der Waals surface area (Å²) in [6.45, 7) is 5.73. The normalized spacial score (nSPS) is 14.4. The second-order valence-electron chi connectivity index (χ2n) is 5.97. The molecule has 0 radical (unpaired) electrons. The van der Waals surface area contributed by atoms with E-state index < -0.39 is 11.0 Å². The molecular weight excluding hydrogens is 400 g/mol. The summed E-state index contributed by atoms with van der Waals surface area (Å²) in [6, 6.07) is 5.75. The van der Waals surface area contributed by atoms with E-state index in [0.717, 1.165) is 20.9 Å². The van der Waals surface area contributed by atoms with E-state index >= 15 is 0 Å². The molecule has 0 bridgehead atoms. The fourth-order valence-corrected chi connectivity index (χ4v) is 3.16. The molecule has 1 N–H and O–H groups in total. The van der Waals surface area contributed by atoms with Crippen molar-refractivity contribution >= 4 is 44.5 Å². The van der Waals surface area contributed by atoms with Crippen molar-refractivity contribution in [2.24, 2.45) is 0 Å². The number of amides is 1. The Kier molecular flexibility index (Phi) is 6.36. The number of hydrogen-bond donors (Lipinski definition) is 1. The molecule has 0 saturated carbocycles. The van der Waals surface area contributed by atoms with E-state index in [1.54, 1.807) is 6.20 Å². The summed E-state index contributed by atoms with van der Waals surface area (Å²) in [6.07, 6.45) is 9.77. The van der Waals surface area contributed by atoms with E-state index in [1.165, 1.54) is 11.8 Å². The van der Waals surface area contributed by atoms with Crippen LogP contribution in [-0.4, -0.2) is 28.1 Å². The third-order valence-corrected chi connectivity index (χ3v) is 5.18. The fourth-order valence-electron chi connectivity index (χ4n) is 2.33. The number of halogens is 1. The highest BCUT2D eigenvalue weighted by Crippen LogP contribution is 2.27. The molecule has 132 valence electrons. The lowest BCUT2D eigenvalue weighted by Crippen LogP contribution is -2.49. The minimum Gasteiger partial charge on any atom is -0.470 e. The van der Waals surface area contributed by atoms with E-state index in [-0.39, 0.29) is 5.91 Å². The molecule has 4 nitrogen and oxygen atoms in total. The Morgan fingerprint density at radius 1 is 1.52 bits per heavy atom. The molecule has 0 saturated heterocycles. The number of carbonyl (C=O) groups excluding carboxylic acids is 1. The van der Waals surface area contributed by atoms with Crippen LogP contribution in [0.5, 0.6) is 5.75 Å². The zero-order chi connectivity index (χ0) is 18.6. The van der Waals surface area contributed by atoms with Gasteiger partial charge in [-0.15, -0.1) is 18.2 Å². The van der Waals surface area contributed by atoms with Gasteiger partial charge < -0.3 is 10.1 Å². The quantitative estimate of drug-likeness (QED) is 0.559. The zero-order valence-electron chi connectivity index (χ0n) is 14.7. The van der Waals surface area contributed by atoms with Gasteiger partial charge in [-0.3, -0.25) is 9.78 Å². The van der Waals surface area contributed by atoms with Gasteiger partial charge in [-0.1, -0.05) is 12.8 Å². The van der Waals surface area contributed by atoms with Gasteiger partial charge in [0, 0.05) is 16.1 Å². The van der Waals surface area contributed by atoms with Gasteiger partial charge in [0.25, 0.3) is 5.91 Å². The highest BCUT2D eigenvalue weighted by Gasteiger charge is 2.27. The van der Waals surface area contributed by atoms with Crippen molar-refractivity contribution in [3.63, 3.8) is 0 Å². The zero-order valence-corrected chi connectivity index (χ0v) is 17.1. The third-order valence-electron chi connectivity index (χ3n) is 4.01. The standard InChI is InChI=1S/C19H21BrN2O2S/c1-6-19(4,7-2)22-17(23)18(25-5)24-15-8-12(3)16-13(10-15)9-14(20)11-21-16/h1,8-11,18H,7H2,2-5H3,(H,22,23). The summed E-state index contributed by atoms with van der Waals surface area (Å²) >= 11 is 4.75. The van der Waals surface area contributed by atoms with E-state index in [9.17, 15) is 4.79 Å². The van der Waals surface area contributed by atoms with Gasteiger partial charge in [-0.25, -0.2) is 0 Å². The molecular formula is C19H21BrN2O2S. The summed E-state index contributed by atoms with van der Waals surface area (Å²) in [5.41, 5.74) is 0.535. The first kappa shape index (κ1) is 19.6. The topological polar surface area (TPSA) is 51.2 Å². The molecule has 2 rings (SSSR count). The molecule has 1 heterocycles. The smallest absolute Gasteiger partial charge is 0.272 e. The van der Waals surface area contributed by atoms with Crippen LogP contribution in [0.4, 0.5) is 0 Å². The van der Waals surface area contributed by atoms with Crippen molar-refractivity contribution in [3.05, 3.63) is 34.4 Å². The van der Waals surface area contributed by atoms with Crippen LogP contribution >= 0.6 is 27.7 Å². The Morgan fingerprint density at radius 2 is 2.24 bits per heavy atom. The molecule has 1 amide bonds. The Morgan fingerprint density at radius 3 is 2.84 bits per heavy atom. The first-order valence-corrected chi connectivity index (χ1v) is 9.95. The molecule has 2 unspecified atom stereocenters. The van der Waals surface area contributed by atoms with Crippen molar-refractivity contribution in [1.29, 1.82) is 0 Å². The number of aryl methyl sites for hydroxylation is 1. The fraction of sp³-hybridized carbons (Fsp3) is 0.368. The first-order valence-electron chi connectivity index (χ1n) is 7.87. The molecule has 6 heteroatoms. The molecule has 0 spiro atoms. The minimum absolute atomic E-state index is 0.236. The molecule has 1 aromatic heterocycles. The lowest BCUT2D eigenvalue weighted by molar-refractivity contribution is -0.125. The number of thioether (sulfide) groups is 1. The number of ether oxygens (including phenoxy) is 1. The van der Waals surface area contributed by atoms with Crippen molar-refractivity contribution in [2.45, 2.75) is 38.2 Å². The number of hydrogen-bond acceptors (Lipinski definition) is 4. The maximum atomic E-state index is 12.5. The predicted molar refractivity (Wildman–Crippen MR) is 108 cm³/mol. The summed E-state index contributed by atoms with van der Waals surface area (Å²) in [5, 5.41) is 3.83. The lowest BCUT2D eigenvalue weighted by Gasteiger charge is -2.26. The van der Waals surface area contributed by atoms with Gasteiger partial charge in [-0.2, -0.15) is 0 Å². The third kappa shape index (κ3) is 4.68. The summed E-state index contributed by atoms with van der Waals surface area (Å²) in [7, 11) is 0. The average molecular weight is 421 g/mol. The second kappa shape index (κ2) is 8.11. The van der Waals surface area contributed by atoms with Crippen molar-refractivity contribution in [1.82, 2.24) is 10.3 Å². The predicted octanol–water partition coefficient (Wildman–Crippen LogP) is 4.29. The number of nitrogens with zero attached hydrogens (tertiary/aromatic N) is 1. The van der Waals surface area contributed by atoms with Crippen LogP contribution in [0.15, 0.2) is 28.9 Å². The number of rotatable bonds is 6. The maximum Gasteiger partial charge on any atom is 0.272 e. The van der Waals surface area contributed by atoms with Gasteiger partial charge in [0.1, 0.15) is 5.75 Å². The number of aromatic nitrogens is 1. The second-order valence-corrected chi connectivity index (χ2v) is 7.79. The number of fused-ring (bicyclic) bond motifs is 1. The van der Waals surface area contributed by atoms with Gasteiger partial charge >= 0.3 is 0 Å². The molecule has 1 aromatic carbocycles. The van der Waals surface area contributed by atoms with Crippen LogP contribution in [0.3, 0.4) is 0 Å². The largest absolute Gasteiger partial charge is 0.470 e. The van der Waals surface area contributed by atoms with Gasteiger partial charge in [0.2, 0.25) is 5.44 Å². The van der Waals surface area contributed by atoms with Gasteiger partial charge in [0.05, 0.1) is 11.1 Å². The Bertz CT molecular complexity index is 834. The molecule has 2 aromatic rings. The van der Waals surface area contributed by atoms with E-state index in [2.05, 4.69) is 32.2 Å². The monoisotopic (exact) mass is 420 g/mol. The molecule has 0 fully saturated rings. The molecule has 0 aliphatic heterocycles. The van der Waals surface area contributed by atoms with E-state index in [4.69, 9.17) is 11.2 Å². The van der Waals surface area contributed by atoms with E-state index in [0.29, 0.717) is 12.2 Å². The Labute approximate surface area is 161 Å². The summed E-state index contributed by atoms with van der Waals surface area (Å²) < 4.78 is 6.82. The lowest BCUT2D eigenvalue weighted by atomic mass is 10.0. The van der Waals surface area contributed by atoms with E-state index in [1.807, 2.05) is 45.2 Å². The Balaban J connectivity index is 2.25. The highest BCUT2D eigenvalue weighted by molar-refractivity contribution is 9.10. The van der Waals surface area contributed by atoms with Gasteiger partial charge in [-0.05, 0) is 66.2 Å². The molecule has 0 aliphatic carbocycles. The number of terminal acetylenes is 1. The number of carbonyl (C=O) groups is 1. The van der Waals surface area contributed by atoms with Crippen LogP contribution in [0.1, 0.15) is 25.8 Å². The molecule has 25 heavy (non-hydrogen) atoms. The van der Waals surface area contributed by atoms with Crippen LogP contribution in [0, 0.1) is 19.3 Å². The number of pyridine rings is 1. The Hall–Kier alpha value is -1.71. The SMILES string of the molecule is C#CC(C)(CC)NC(=O)C(Oc1cc(C)c2ncc(Br)cc2c1)SC. The summed E-state index contributed by atoms with van der Waals surface area (Å²) in [4.78, 5) is 17.0. The van der Waals surface area contributed by atoms with Gasteiger partial charge in [0.15, 0.2) is 0 Å². The number of nitrogens with one attached hydrogen (secondary N) is 1. The highest BCUT2D eigenvalue weighted by atomic mass is 79.9. The average Bonchev–Trinajstić information content (AvgIpc) is 2.58. The molecule has 0 aliphatic rings. The first-order chi connectivity index (χ1) is 11.8. The maximum absolute atomic E-state index is 12.5. The summed E-state index contributed by atoms with van der Waals surface area (Å²) in [5.74, 6) is 3.02. The molecule has 2 atom stereocenters. The van der Waals surface area contributed by atoms with Crippen molar-refractivity contribution < 1.29 is 9.53 Å². The van der Waals surface area contributed by atoms with Crippen LogP contribution in [-0.2, 0) is 4.79 Å². The van der Waals surface area contributed by atoms with Crippen LogP contribution in [0.2, 0.25) is 0 Å². The van der Waals surface area contributed by atoms with Crippen molar-refractivity contribution in [3.8, 4) is 18.1 Å². The van der Waals surface area contributed by atoms with Crippen LogP contribution in [0.25, 0.3) is 10.9 Å².